The first-order valence-corrected chi connectivity index (χ1v) is 4.81. The van der Waals surface area contributed by atoms with Gasteiger partial charge in [-0.05, 0) is 24.3 Å². The number of hydrogen-bond donors (Lipinski definition) is 2. The molecule has 4 nitrogen and oxygen atoms in total. The summed E-state index contributed by atoms with van der Waals surface area (Å²) in [4.78, 5) is 22.0. The minimum absolute atomic E-state index is 0.766. The van der Waals surface area contributed by atoms with E-state index in [1.807, 2.05) is 0 Å². The van der Waals surface area contributed by atoms with Crippen molar-refractivity contribution in [3.05, 3.63) is 34.0 Å². The van der Waals surface area contributed by atoms with E-state index in [0.29, 0.717) is 0 Å². The Hall–Kier alpha value is -1.88. The topological polar surface area (TPSA) is 74.6 Å². The first-order valence-electron chi connectivity index (χ1n) is 4.00. The summed E-state index contributed by atoms with van der Waals surface area (Å²) in [5, 5.41) is 16.8. The molecule has 0 aliphatic carbocycles. The Kier molecular flexibility index (Phi) is 3.82. The van der Waals surface area contributed by atoms with E-state index in [9.17, 15) is 9.59 Å². The van der Waals surface area contributed by atoms with Crippen molar-refractivity contribution in [2.75, 3.05) is 0 Å². The van der Waals surface area contributed by atoms with Crippen LogP contribution in [0, 0.1) is 0 Å². The van der Waals surface area contributed by atoms with E-state index >= 15 is 0 Å². The Morgan fingerprint density at radius 2 is 1.40 bits per heavy atom. The molecule has 0 atom stereocenters. The standard InChI is InChI=1S/C10H8O4S/c11-9(12)5-3-7-1-2-8(15-7)4-6-10(13)14/h1-6H,(H,11,12)(H,13,14). The fourth-order valence-corrected chi connectivity index (χ4v) is 1.67. The summed E-state index contributed by atoms with van der Waals surface area (Å²) in [6.45, 7) is 0. The lowest BCUT2D eigenvalue weighted by molar-refractivity contribution is -0.132. The molecule has 2 N–H and O–H groups in total. The monoisotopic (exact) mass is 224 g/mol. The van der Waals surface area contributed by atoms with Gasteiger partial charge >= 0.3 is 11.9 Å². The van der Waals surface area contributed by atoms with Gasteiger partial charge in [-0.2, -0.15) is 0 Å². The normalized spacial score (nSPS) is 11.2. The zero-order valence-corrected chi connectivity index (χ0v) is 8.40. The summed E-state index contributed by atoms with van der Waals surface area (Å²) < 4.78 is 0. The third-order valence-electron chi connectivity index (χ3n) is 1.43. The van der Waals surface area contributed by atoms with Gasteiger partial charge in [-0.3, -0.25) is 0 Å². The molecule has 1 heterocycles. The molecule has 0 aliphatic rings. The van der Waals surface area contributed by atoms with Crippen LogP contribution in [0.15, 0.2) is 24.3 Å². The van der Waals surface area contributed by atoms with Crippen LogP contribution in [-0.4, -0.2) is 22.2 Å². The molecule has 1 aromatic rings. The minimum atomic E-state index is -1.01. The van der Waals surface area contributed by atoms with Crippen molar-refractivity contribution in [3.8, 4) is 0 Å². The Morgan fingerprint density at radius 3 is 1.73 bits per heavy atom. The highest BCUT2D eigenvalue weighted by Gasteiger charge is 1.95. The van der Waals surface area contributed by atoms with Crippen molar-refractivity contribution in [1.82, 2.24) is 0 Å². The summed E-state index contributed by atoms with van der Waals surface area (Å²) >= 11 is 1.32. The predicted molar refractivity (Wildman–Crippen MR) is 57.7 cm³/mol. The molecule has 1 aromatic heterocycles. The number of carboxylic acids is 2. The van der Waals surface area contributed by atoms with Gasteiger partial charge < -0.3 is 10.2 Å². The zero-order valence-electron chi connectivity index (χ0n) is 7.58. The molecular formula is C10H8O4S. The number of carboxylic acid groups (broad SMARTS) is 2. The molecule has 0 saturated carbocycles. The maximum absolute atomic E-state index is 10.2. The van der Waals surface area contributed by atoms with Crippen molar-refractivity contribution in [1.29, 1.82) is 0 Å². The maximum Gasteiger partial charge on any atom is 0.328 e. The molecule has 0 saturated heterocycles. The van der Waals surface area contributed by atoms with Gasteiger partial charge in [0.05, 0.1) is 0 Å². The molecule has 0 radical (unpaired) electrons. The van der Waals surface area contributed by atoms with Crippen LogP contribution in [0.4, 0.5) is 0 Å². The highest BCUT2D eigenvalue weighted by molar-refractivity contribution is 7.13. The molecule has 5 heteroatoms. The van der Waals surface area contributed by atoms with Crippen LogP contribution in [0.25, 0.3) is 12.2 Å². The minimum Gasteiger partial charge on any atom is -0.478 e. The average Bonchev–Trinajstić information content (AvgIpc) is 2.59. The third-order valence-corrected chi connectivity index (χ3v) is 2.44. The lowest BCUT2D eigenvalue weighted by Gasteiger charge is -1.82. The van der Waals surface area contributed by atoms with Crippen LogP contribution >= 0.6 is 11.3 Å². The van der Waals surface area contributed by atoms with E-state index in [0.717, 1.165) is 21.9 Å². The second-order valence-electron chi connectivity index (χ2n) is 2.58. The van der Waals surface area contributed by atoms with E-state index in [-0.39, 0.29) is 0 Å². The summed E-state index contributed by atoms with van der Waals surface area (Å²) in [5.41, 5.74) is 0. The van der Waals surface area contributed by atoms with Crippen LogP contribution in [0.3, 0.4) is 0 Å². The lowest BCUT2D eigenvalue weighted by Crippen LogP contribution is -1.84. The van der Waals surface area contributed by atoms with Crippen molar-refractivity contribution in [2.24, 2.45) is 0 Å². The van der Waals surface area contributed by atoms with E-state index in [2.05, 4.69) is 0 Å². The second kappa shape index (κ2) is 5.11. The molecule has 0 fully saturated rings. The zero-order chi connectivity index (χ0) is 11.3. The van der Waals surface area contributed by atoms with Gasteiger partial charge in [0.1, 0.15) is 0 Å². The Balaban J connectivity index is 2.72. The molecule has 0 spiro atoms. The molecular weight excluding hydrogens is 216 g/mol. The fourth-order valence-electron chi connectivity index (χ4n) is 0.854. The quantitative estimate of drug-likeness (QED) is 0.766. The SMILES string of the molecule is O=C(O)C=Cc1ccc(C=CC(=O)O)s1. The molecule has 0 aliphatic heterocycles. The molecule has 0 bridgehead atoms. The average molecular weight is 224 g/mol. The number of rotatable bonds is 4. The Labute approximate surface area is 89.8 Å². The van der Waals surface area contributed by atoms with Gasteiger partial charge in [0.2, 0.25) is 0 Å². The second-order valence-corrected chi connectivity index (χ2v) is 3.73. The molecule has 0 amide bonds. The van der Waals surface area contributed by atoms with Crippen molar-refractivity contribution in [2.45, 2.75) is 0 Å². The van der Waals surface area contributed by atoms with Gasteiger partial charge in [0.25, 0.3) is 0 Å². The number of carbonyl (C=O) groups is 2. The summed E-state index contributed by atoms with van der Waals surface area (Å²) in [5.74, 6) is -2.02. The highest BCUT2D eigenvalue weighted by Crippen LogP contribution is 2.19. The Morgan fingerprint density at radius 1 is 1.00 bits per heavy atom. The van der Waals surface area contributed by atoms with E-state index < -0.39 is 11.9 Å². The van der Waals surface area contributed by atoms with Crippen molar-refractivity contribution < 1.29 is 19.8 Å². The van der Waals surface area contributed by atoms with Crippen molar-refractivity contribution in [3.63, 3.8) is 0 Å². The first-order chi connectivity index (χ1) is 7.08. The van der Waals surface area contributed by atoms with Gasteiger partial charge in [0, 0.05) is 21.9 Å². The molecule has 15 heavy (non-hydrogen) atoms. The molecule has 0 unspecified atom stereocenters. The van der Waals surface area contributed by atoms with Gasteiger partial charge in [-0.15, -0.1) is 11.3 Å². The van der Waals surface area contributed by atoms with E-state index in [4.69, 9.17) is 10.2 Å². The van der Waals surface area contributed by atoms with Crippen LogP contribution in [-0.2, 0) is 9.59 Å². The highest BCUT2D eigenvalue weighted by atomic mass is 32.1. The van der Waals surface area contributed by atoms with Gasteiger partial charge in [-0.1, -0.05) is 0 Å². The maximum atomic E-state index is 10.2. The summed E-state index contributed by atoms with van der Waals surface area (Å²) in [6, 6.07) is 3.46. The fraction of sp³-hybridized carbons (Fsp3) is 0. The first kappa shape index (κ1) is 11.2. The Bertz CT molecular complexity index is 390. The van der Waals surface area contributed by atoms with Crippen LogP contribution < -0.4 is 0 Å². The number of thiophene rings is 1. The molecule has 0 aromatic carbocycles. The smallest absolute Gasteiger partial charge is 0.328 e. The van der Waals surface area contributed by atoms with Crippen LogP contribution in [0.2, 0.25) is 0 Å². The molecule has 78 valence electrons. The summed E-state index contributed by atoms with van der Waals surface area (Å²) in [7, 11) is 0. The van der Waals surface area contributed by atoms with E-state index in [1.165, 1.54) is 23.5 Å². The summed E-state index contributed by atoms with van der Waals surface area (Å²) in [6.07, 6.45) is 5.00. The van der Waals surface area contributed by atoms with Crippen molar-refractivity contribution >= 4 is 35.4 Å². The lowest BCUT2D eigenvalue weighted by atomic mass is 10.3. The van der Waals surface area contributed by atoms with Gasteiger partial charge in [-0.25, -0.2) is 9.59 Å². The molecule has 1 rings (SSSR count). The predicted octanol–water partition coefficient (Wildman–Crippen LogP) is 1.94. The largest absolute Gasteiger partial charge is 0.478 e. The van der Waals surface area contributed by atoms with E-state index in [1.54, 1.807) is 12.1 Å². The van der Waals surface area contributed by atoms with Gasteiger partial charge in [0.15, 0.2) is 0 Å². The third kappa shape index (κ3) is 4.24. The number of hydrogen-bond acceptors (Lipinski definition) is 3. The van der Waals surface area contributed by atoms with Crippen LogP contribution in [0.1, 0.15) is 9.75 Å². The number of aliphatic carboxylic acids is 2. The van der Waals surface area contributed by atoms with Crippen LogP contribution in [0.5, 0.6) is 0 Å².